The number of hydrogen-bond acceptors (Lipinski definition) is 5. The van der Waals surface area contributed by atoms with Gasteiger partial charge in [0.15, 0.2) is 11.5 Å². The predicted octanol–water partition coefficient (Wildman–Crippen LogP) is 2.17. The third kappa shape index (κ3) is 2.74. The van der Waals surface area contributed by atoms with E-state index in [9.17, 15) is 4.79 Å². The number of aromatic nitrogens is 3. The fourth-order valence-electron chi connectivity index (χ4n) is 2.80. The molecule has 2 N–H and O–H groups in total. The molecule has 0 spiro atoms. The molecule has 0 saturated heterocycles. The zero-order valence-corrected chi connectivity index (χ0v) is 13.6. The van der Waals surface area contributed by atoms with Gasteiger partial charge in [-0.25, -0.2) is 9.97 Å². The Labute approximate surface area is 142 Å². The van der Waals surface area contributed by atoms with Gasteiger partial charge in [-0.3, -0.25) is 9.20 Å². The number of nitrogens with zero attached hydrogens (tertiary/aromatic N) is 3. The fraction of sp³-hybridized carbons (Fsp3) is 0.167. The third-order valence-corrected chi connectivity index (χ3v) is 3.96. The zero-order valence-electron chi connectivity index (χ0n) is 13.6. The van der Waals surface area contributed by atoms with Crippen molar-refractivity contribution >= 4 is 22.7 Å². The van der Waals surface area contributed by atoms with E-state index in [0.717, 1.165) is 22.2 Å². The number of pyridine rings is 1. The highest BCUT2D eigenvalue weighted by molar-refractivity contribution is 5.93. The molecule has 4 rings (SSSR count). The first kappa shape index (κ1) is 15.3. The van der Waals surface area contributed by atoms with Crippen LogP contribution in [0.1, 0.15) is 16.4 Å². The molecule has 1 aromatic carbocycles. The van der Waals surface area contributed by atoms with Crippen molar-refractivity contribution in [3.05, 3.63) is 54.3 Å². The van der Waals surface area contributed by atoms with Gasteiger partial charge in [0.05, 0.1) is 12.8 Å². The van der Waals surface area contributed by atoms with E-state index in [1.807, 2.05) is 43.5 Å². The van der Waals surface area contributed by atoms with Crippen LogP contribution in [0.3, 0.4) is 0 Å². The lowest BCUT2D eigenvalue weighted by Gasteiger charge is -2.06. The highest BCUT2D eigenvalue weighted by Gasteiger charge is 2.13. The minimum Gasteiger partial charge on any atom is -0.441 e. The van der Waals surface area contributed by atoms with E-state index < -0.39 is 0 Å². The first-order chi connectivity index (χ1) is 12.2. The van der Waals surface area contributed by atoms with E-state index in [1.54, 1.807) is 4.40 Å². The quantitative estimate of drug-likeness (QED) is 0.596. The van der Waals surface area contributed by atoms with Gasteiger partial charge in [-0.05, 0) is 35.4 Å². The van der Waals surface area contributed by atoms with Crippen molar-refractivity contribution in [1.29, 1.82) is 0 Å². The Hall–Kier alpha value is -3.19. The number of carbonyl (C=O) groups excluding carboxylic acids is 1. The van der Waals surface area contributed by atoms with Crippen molar-refractivity contribution in [2.75, 3.05) is 13.2 Å². The lowest BCUT2D eigenvalue weighted by atomic mass is 10.1. The number of amides is 1. The van der Waals surface area contributed by atoms with Crippen LogP contribution in [0.5, 0.6) is 0 Å². The summed E-state index contributed by atoms with van der Waals surface area (Å²) >= 11 is 0. The van der Waals surface area contributed by atoms with E-state index in [1.165, 1.54) is 6.20 Å². The Bertz CT molecular complexity index is 1080. The Kier molecular flexibility index (Phi) is 3.70. The molecule has 0 aliphatic carbocycles. The highest BCUT2D eigenvalue weighted by atomic mass is 16.3. The summed E-state index contributed by atoms with van der Waals surface area (Å²) in [5.41, 5.74) is 4.54. The van der Waals surface area contributed by atoms with E-state index >= 15 is 0 Å². The van der Waals surface area contributed by atoms with Crippen LogP contribution >= 0.6 is 0 Å². The fourth-order valence-corrected chi connectivity index (χ4v) is 2.80. The Morgan fingerprint density at radius 3 is 2.96 bits per heavy atom. The van der Waals surface area contributed by atoms with E-state index in [2.05, 4.69) is 15.3 Å². The van der Waals surface area contributed by atoms with E-state index in [0.29, 0.717) is 17.2 Å². The maximum Gasteiger partial charge on any atom is 0.270 e. The molecular weight excluding hydrogens is 320 g/mol. The summed E-state index contributed by atoms with van der Waals surface area (Å²) in [4.78, 5) is 20.8. The van der Waals surface area contributed by atoms with Crippen LogP contribution < -0.4 is 5.32 Å². The number of rotatable bonds is 4. The molecule has 25 heavy (non-hydrogen) atoms. The van der Waals surface area contributed by atoms with Gasteiger partial charge in [-0.2, -0.15) is 0 Å². The Morgan fingerprint density at radius 1 is 1.28 bits per heavy atom. The zero-order chi connectivity index (χ0) is 17.4. The summed E-state index contributed by atoms with van der Waals surface area (Å²) in [6.07, 6.45) is 3.39. The number of imidazole rings is 1. The van der Waals surface area contributed by atoms with Crippen LogP contribution in [0.25, 0.3) is 27.9 Å². The number of aliphatic hydroxyl groups excluding tert-OH is 1. The molecule has 0 atom stereocenters. The van der Waals surface area contributed by atoms with Crippen molar-refractivity contribution in [2.24, 2.45) is 0 Å². The molecule has 0 aliphatic rings. The van der Waals surface area contributed by atoms with Crippen LogP contribution in [0.15, 0.2) is 47.1 Å². The summed E-state index contributed by atoms with van der Waals surface area (Å²) in [5, 5.41) is 11.5. The number of carbonyl (C=O) groups is 1. The third-order valence-electron chi connectivity index (χ3n) is 3.96. The number of aryl methyl sites for hydroxylation is 1. The number of hydrogen-bond donors (Lipinski definition) is 2. The minimum atomic E-state index is -0.277. The number of benzene rings is 1. The predicted molar refractivity (Wildman–Crippen MR) is 92.4 cm³/mol. The standard InChI is InChI=1S/C18H16N4O3/c1-11-21-14-8-12(2-4-16(14)25-11)13-3-5-17-20-9-15(22(17)10-13)18(24)19-6-7-23/h2-5,8-10,23H,6-7H2,1H3,(H,19,24). The largest absolute Gasteiger partial charge is 0.441 e. The van der Waals surface area contributed by atoms with Gasteiger partial charge in [-0.15, -0.1) is 0 Å². The molecule has 1 amide bonds. The lowest BCUT2D eigenvalue weighted by Crippen LogP contribution is -2.27. The highest BCUT2D eigenvalue weighted by Crippen LogP contribution is 2.25. The SMILES string of the molecule is Cc1nc2cc(-c3ccc4ncc(C(=O)NCCO)n4c3)ccc2o1. The molecule has 0 bridgehead atoms. The Morgan fingerprint density at radius 2 is 2.12 bits per heavy atom. The molecule has 0 fully saturated rings. The summed E-state index contributed by atoms with van der Waals surface area (Å²) in [6.45, 7) is 1.91. The van der Waals surface area contributed by atoms with Gasteiger partial charge < -0.3 is 14.8 Å². The number of nitrogens with one attached hydrogen (secondary N) is 1. The summed E-state index contributed by atoms with van der Waals surface area (Å²) in [5.74, 6) is 0.348. The first-order valence-electron chi connectivity index (χ1n) is 7.89. The second kappa shape index (κ2) is 6.03. The van der Waals surface area contributed by atoms with Gasteiger partial charge in [0.2, 0.25) is 0 Å². The number of fused-ring (bicyclic) bond motifs is 2. The molecule has 126 valence electrons. The summed E-state index contributed by atoms with van der Waals surface area (Å²) < 4.78 is 7.24. The number of aliphatic hydroxyl groups is 1. The molecule has 7 heteroatoms. The Balaban J connectivity index is 1.77. The average Bonchev–Trinajstić information content (AvgIpc) is 3.20. The van der Waals surface area contributed by atoms with Gasteiger partial charge in [0, 0.05) is 19.7 Å². The molecule has 7 nitrogen and oxygen atoms in total. The monoisotopic (exact) mass is 336 g/mol. The van der Waals surface area contributed by atoms with Crippen molar-refractivity contribution in [2.45, 2.75) is 6.92 Å². The van der Waals surface area contributed by atoms with Crippen LogP contribution in [-0.2, 0) is 0 Å². The molecule has 0 saturated carbocycles. The normalized spacial score (nSPS) is 11.3. The molecule has 3 heterocycles. The van der Waals surface area contributed by atoms with Gasteiger partial charge in [0.1, 0.15) is 16.9 Å². The lowest BCUT2D eigenvalue weighted by molar-refractivity contribution is 0.0939. The average molecular weight is 336 g/mol. The van der Waals surface area contributed by atoms with Crippen molar-refractivity contribution in [3.8, 4) is 11.1 Å². The summed E-state index contributed by atoms with van der Waals surface area (Å²) in [6, 6.07) is 9.60. The van der Waals surface area contributed by atoms with E-state index in [4.69, 9.17) is 9.52 Å². The molecular formula is C18H16N4O3. The number of oxazole rings is 1. The van der Waals surface area contributed by atoms with Crippen LogP contribution in [-0.4, -0.2) is 38.5 Å². The van der Waals surface area contributed by atoms with Crippen LogP contribution in [0, 0.1) is 6.92 Å². The maximum atomic E-state index is 12.2. The topological polar surface area (TPSA) is 92.7 Å². The van der Waals surface area contributed by atoms with Crippen LogP contribution in [0.4, 0.5) is 0 Å². The van der Waals surface area contributed by atoms with Crippen molar-refractivity contribution in [1.82, 2.24) is 19.7 Å². The smallest absolute Gasteiger partial charge is 0.270 e. The van der Waals surface area contributed by atoms with Crippen molar-refractivity contribution in [3.63, 3.8) is 0 Å². The molecule has 3 aromatic heterocycles. The first-order valence-corrected chi connectivity index (χ1v) is 7.89. The van der Waals surface area contributed by atoms with Gasteiger partial charge >= 0.3 is 0 Å². The van der Waals surface area contributed by atoms with Crippen LogP contribution in [0.2, 0.25) is 0 Å². The molecule has 0 radical (unpaired) electrons. The van der Waals surface area contributed by atoms with Gasteiger partial charge in [0.25, 0.3) is 5.91 Å². The summed E-state index contributed by atoms with van der Waals surface area (Å²) in [7, 11) is 0. The molecule has 0 unspecified atom stereocenters. The minimum absolute atomic E-state index is 0.106. The van der Waals surface area contributed by atoms with E-state index in [-0.39, 0.29) is 19.1 Å². The second-order valence-electron chi connectivity index (χ2n) is 5.68. The second-order valence-corrected chi connectivity index (χ2v) is 5.68. The molecule has 4 aromatic rings. The van der Waals surface area contributed by atoms with Gasteiger partial charge in [-0.1, -0.05) is 6.07 Å². The van der Waals surface area contributed by atoms with Crippen molar-refractivity contribution < 1.29 is 14.3 Å². The molecule has 0 aliphatic heterocycles. The maximum absolute atomic E-state index is 12.2.